The fourth-order valence-corrected chi connectivity index (χ4v) is 1.96. The molecular formula is C12H17N5O. The van der Waals surface area contributed by atoms with Gasteiger partial charge in [-0.15, -0.1) is 5.10 Å². The van der Waals surface area contributed by atoms with E-state index in [1.807, 2.05) is 12.5 Å². The zero-order valence-electron chi connectivity index (χ0n) is 10.6. The Balaban J connectivity index is 1.80. The van der Waals surface area contributed by atoms with Crippen molar-refractivity contribution >= 4 is 0 Å². The molecule has 1 aliphatic rings. The molecule has 1 aliphatic carbocycles. The lowest BCUT2D eigenvalue weighted by atomic mass is 10.1. The predicted molar refractivity (Wildman–Crippen MR) is 64.9 cm³/mol. The van der Waals surface area contributed by atoms with Gasteiger partial charge in [0.15, 0.2) is 0 Å². The van der Waals surface area contributed by atoms with Crippen LogP contribution in [0.4, 0.5) is 0 Å². The molecule has 2 heterocycles. The van der Waals surface area contributed by atoms with Crippen LogP contribution in [0, 0.1) is 0 Å². The van der Waals surface area contributed by atoms with E-state index in [2.05, 4.69) is 19.9 Å². The van der Waals surface area contributed by atoms with Crippen molar-refractivity contribution in [2.24, 2.45) is 0 Å². The number of aliphatic hydroxyl groups is 1. The smallest absolute Gasteiger partial charge is 0.114 e. The molecule has 6 heteroatoms. The minimum absolute atomic E-state index is 0.583. The minimum Gasteiger partial charge on any atom is -0.384 e. The van der Waals surface area contributed by atoms with E-state index in [0.29, 0.717) is 18.3 Å². The molecule has 2 aromatic rings. The first-order valence-corrected chi connectivity index (χ1v) is 6.18. The minimum atomic E-state index is -0.949. The van der Waals surface area contributed by atoms with E-state index in [4.69, 9.17) is 0 Å². The second kappa shape index (κ2) is 3.91. The highest BCUT2D eigenvalue weighted by atomic mass is 16.3. The summed E-state index contributed by atoms with van der Waals surface area (Å²) in [5.74, 6) is 0. The Morgan fingerprint density at radius 2 is 2.22 bits per heavy atom. The number of nitrogens with zero attached hydrogens (tertiary/aromatic N) is 5. The summed E-state index contributed by atoms with van der Waals surface area (Å²) >= 11 is 0. The Morgan fingerprint density at radius 1 is 1.44 bits per heavy atom. The first kappa shape index (κ1) is 11.4. The van der Waals surface area contributed by atoms with E-state index in [0.717, 1.165) is 5.69 Å². The number of rotatable bonds is 4. The van der Waals surface area contributed by atoms with E-state index in [1.54, 1.807) is 24.7 Å². The average Bonchev–Trinajstić information content (AvgIpc) is 2.85. The van der Waals surface area contributed by atoms with Gasteiger partial charge in [-0.25, -0.2) is 9.67 Å². The zero-order chi connectivity index (χ0) is 12.8. The van der Waals surface area contributed by atoms with Crippen LogP contribution in [0.3, 0.4) is 0 Å². The first-order valence-electron chi connectivity index (χ1n) is 6.18. The maximum absolute atomic E-state index is 9.85. The van der Waals surface area contributed by atoms with Crippen molar-refractivity contribution in [2.45, 2.75) is 44.9 Å². The molecule has 0 amide bonds. The van der Waals surface area contributed by atoms with E-state index in [-0.39, 0.29) is 0 Å². The molecule has 1 saturated carbocycles. The highest BCUT2D eigenvalue weighted by molar-refractivity contribution is 5.07. The maximum Gasteiger partial charge on any atom is 0.114 e. The van der Waals surface area contributed by atoms with Gasteiger partial charge in [-0.3, -0.25) is 0 Å². The van der Waals surface area contributed by atoms with Crippen LogP contribution >= 0.6 is 0 Å². The van der Waals surface area contributed by atoms with Crippen LogP contribution in [0.15, 0.2) is 18.7 Å². The quantitative estimate of drug-likeness (QED) is 0.878. The Labute approximate surface area is 105 Å². The summed E-state index contributed by atoms with van der Waals surface area (Å²) in [5, 5.41) is 17.9. The lowest BCUT2D eigenvalue weighted by Gasteiger charge is -2.11. The molecule has 96 valence electrons. The van der Waals surface area contributed by atoms with Crippen LogP contribution in [0.2, 0.25) is 0 Å². The number of imidazole rings is 1. The summed E-state index contributed by atoms with van der Waals surface area (Å²) in [6.45, 7) is 4.05. The maximum atomic E-state index is 9.85. The summed E-state index contributed by atoms with van der Waals surface area (Å²) in [5.41, 5.74) is 0.763. The molecule has 0 bridgehead atoms. The summed E-state index contributed by atoms with van der Waals surface area (Å²) in [4.78, 5) is 4.19. The molecular weight excluding hydrogens is 230 g/mol. The third-order valence-electron chi connectivity index (χ3n) is 3.18. The molecule has 0 saturated heterocycles. The fourth-order valence-electron chi connectivity index (χ4n) is 1.96. The van der Waals surface area contributed by atoms with E-state index < -0.39 is 5.60 Å². The molecule has 0 aromatic carbocycles. The molecule has 1 N–H and O–H groups in total. The number of hydrogen-bond acceptors (Lipinski definition) is 4. The second-order valence-electron chi connectivity index (χ2n) is 5.38. The summed E-state index contributed by atoms with van der Waals surface area (Å²) < 4.78 is 3.94. The third-order valence-corrected chi connectivity index (χ3v) is 3.18. The van der Waals surface area contributed by atoms with Gasteiger partial charge in [-0.05, 0) is 26.7 Å². The van der Waals surface area contributed by atoms with Crippen LogP contribution in [-0.2, 0) is 12.1 Å². The van der Waals surface area contributed by atoms with Crippen molar-refractivity contribution in [3.05, 3.63) is 30.1 Å². The van der Waals surface area contributed by atoms with Crippen molar-refractivity contribution in [3.8, 4) is 0 Å². The fraction of sp³-hybridized carbons (Fsp3) is 0.583. The van der Waals surface area contributed by atoms with Gasteiger partial charge in [0.1, 0.15) is 11.3 Å². The summed E-state index contributed by atoms with van der Waals surface area (Å²) in [6, 6.07) is 0.611. The van der Waals surface area contributed by atoms with Crippen LogP contribution in [-0.4, -0.2) is 29.7 Å². The van der Waals surface area contributed by atoms with Gasteiger partial charge in [-0.2, -0.15) is 0 Å². The van der Waals surface area contributed by atoms with Crippen molar-refractivity contribution in [1.82, 2.24) is 24.5 Å². The lowest BCUT2D eigenvalue weighted by molar-refractivity contribution is 0.0737. The highest BCUT2D eigenvalue weighted by Gasteiger charge is 2.25. The summed E-state index contributed by atoms with van der Waals surface area (Å²) in [6.07, 6.45) is 7.99. The van der Waals surface area contributed by atoms with Crippen LogP contribution in [0.5, 0.6) is 0 Å². The third kappa shape index (κ3) is 2.15. The monoisotopic (exact) mass is 247 g/mol. The summed E-state index contributed by atoms with van der Waals surface area (Å²) in [7, 11) is 0. The second-order valence-corrected chi connectivity index (χ2v) is 5.38. The molecule has 3 rings (SSSR count). The highest BCUT2D eigenvalue weighted by Crippen LogP contribution is 2.35. The number of aromatic nitrogens is 5. The van der Waals surface area contributed by atoms with Gasteiger partial charge in [0.2, 0.25) is 0 Å². The number of hydrogen-bond donors (Lipinski definition) is 1. The van der Waals surface area contributed by atoms with Crippen LogP contribution in [0.25, 0.3) is 0 Å². The van der Waals surface area contributed by atoms with E-state index in [9.17, 15) is 5.11 Å². The standard InChI is InChI=1S/C12H17N5O/c1-12(2,18)11-7-16(15-14-11)6-10-5-13-8-17(10)9-3-4-9/h5,7-9,18H,3-4,6H2,1-2H3. The molecule has 18 heavy (non-hydrogen) atoms. The van der Waals surface area contributed by atoms with Gasteiger partial charge in [0, 0.05) is 6.04 Å². The van der Waals surface area contributed by atoms with Gasteiger partial charge >= 0.3 is 0 Å². The van der Waals surface area contributed by atoms with Crippen LogP contribution < -0.4 is 0 Å². The van der Waals surface area contributed by atoms with Gasteiger partial charge < -0.3 is 9.67 Å². The average molecular weight is 247 g/mol. The normalized spacial score (nSPS) is 16.2. The molecule has 0 aliphatic heterocycles. The Morgan fingerprint density at radius 3 is 2.83 bits per heavy atom. The topological polar surface area (TPSA) is 68.8 Å². The molecule has 0 radical (unpaired) electrons. The zero-order valence-corrected chi connectivity index (χ0v) is 10.6. The van der Waals surface area contributed by atoms with Crippen molar-refractivity contribution < 1.29 is 5.11 Å². The predicted octanol–water partition coefficient (Wildman–Crippen LogP) is 1.09. The van der Waals surface area contributed by atoms with Crippen molar-refractivity contribution in [3.63, 3.8) is 0 Å². The van der Waals surface area contributed by atoms with Crippen molar-refractivity contribution in [2.75, 3.05) is 0 Å². The Bertz CT molecular complexity index is 547. The van der Waals surface area contributed by atoms with Crippen LogP contribution in [0.1, 0.15) is 44.1 Å². The molecule has 0 atom stereocenters. The Hall–Kier alpha value is -1.69. The first-order chi connectivity index (χ1) is 8.54. The van der Waals surface area contributed by atoms with Crippen molar-refractivity contribution in [1.29, 1.82) is 0 Å². The SMILES string of the molecule is CC(C)(O)c1cn(Cc2cncn2C2CC2)nn1. The molecule has 1 fully saturated rings. The van der Waals surface area contributed by atoms with E-state index in [1.165, 1.54) is 12.8 Å². The van der Waals surface area contributed by atoms with Gasteiger partial charge in [0.25, 0.3) is 0 Å². The van der Waals surface area contributed by atoms with E-state index >= 15 is 0 Å². The van der Waals surface area contributed by atoms with Gasteiger partial charge in [-0.1, -0.05) is 5.21 Å². The largest absolute Gasteiger partial charge is 0.384 e. The lowest BCUT2D eigenvalue weighted by Crippen LogP contribution is -2.15. The molecule has 0 spiro atoms. The van der Waals surface area contributed by atoms with Gasteiger partial charge in [0.05, 0.1) is 31.0 Å². The molecule has 0 unspecified atom stereocenters. The Kier molecular flexibility index (Phi) is 2.48. The molecule has 2 aromatic heterocycles. The molecule has 6 nitrogen and oxygen atoms in total.